The van der Waals surface area contributed by atoms with Crippen LogP contribution in [-0.2, 0) is 4.74 Å². The summed E-state index contributed by atoms with van der Waals surface area (Å²) in [5.41, 5.74) is -0.441. The predicted octanol–water partition coefficient (Wildman–Crippen LogP) is 4.46. The minimum absolute atomic E-state index is 0.00196. The largest absolute Gasteiger partial charge is 0.390 e. The van der Waals surface area contributed by atoms with E-state index in [1.807, 2.05) is 6.92 Å². The Balaban J connectivity index is 2.10. The lowest BCUT2D eigenvalue weighted by molar-refractivity contribution is 0.0863. The zero-order valence-electron chi connectivity index (χ0n) is 17.9. The van der Waals surface area contributed by atoms with Crippen LogP contribution in [0.4, 0.5) is 0 Å². The molecule has 0 radical (unpaired) electrons. The monoisotopic (exact) mass is 394 g/mol. The molecule has 3 atom stereocenters. The first-order valence-corrected chi connectivity index (χ1v) is 12.3. The van der Waals surface area contributed by atoms with E-state index in [-0.39, 0.29) is 11.1 Å². The number of hydrogen-bond acceptors (Lipinski definition) is 2. The second-order valence-electron chi connectivity index (χ2n) is 9.25. The Morgan fingerprint density at radius 2 is 1.54 bits per heavy atom. The third-order valence-corrected chi connectivity index (χ3v) is 12.4. The smallest absolute Gasteiger partial charge is 0.149 e. The third-order valence-electron chi connectivity index (χ3n) is 6.52. The topological polar surface area (TPSA) is 32.8 Å². The number of rotatable bonds is 7. The van der Waals surface area contributed by atoms with Gasteiger partial charge in [0.1, 0.15) is 13.7 Å². The molecular weight excluding hydrogens is 360 g/mol. The minimum atomic E-state index is -2.41. The highest BCUT2D eigenvalue weighted by molar-refractivity contribution is 7.09. The van der Waals surface area contributed by atoms with Crippen LogP contribution >= 0.6 is 0 Å². The Morgan fingerprint density at radius 3 is 1.89 bits per heavy atom. The van der Waals surface area contributed by atoms with Crippen molar-refractivity contribution in [2.45, 2.75) is 70.3 Å². The Labute approximate surface area is 171 Å². The van der Waals surface area contributed by atoms with Gasteiger partial charge in [0.15, 0.2) is 0 Å². The molecule has 0 aliphatic carbocycles. The van der Waals surface area contributed by atoms with E-state index < -0.39 is 19.8 Å². The molecule has 28 heavy (non-hydrogen) atoms. The molecule has 150 valence electrons. The highest BCUT2D eigenvalue weighted by atomic mass is 28.3. The van der Waals surface area contributed by atoms with Gasteiger partial charge in [0.2, 0.25) is 0 Å². The molecule has 0 saturated carbocycles. The molecule has 2 aromatic carbocycles. The number of ether oxygens (including phenoxy) is 1. The Morgan fingerprint density at radius 1 is 1.07 bits per heavy atom. The summed E-state index contributed by atoms with van der Waals surface area (Å²) in [5.74, 6) is 0. The standard InChI is InChI=1S/C25H34O2Si/c1-7-23-25(6,27-23)22(26)18-19(2)28(24(3,4)5,20-14-10-8-11-15-20)21-16-12-9-13-17-21/h8-17,22-23,26H,2,7,18H2,1,3-6H3/t22-,23-,25-/m1/s1. The molecule has 1 aliphatic heterocycles. The zero-order valence-corrected chi connectivity index (χ0v) is 18.9. The number of benzene rings is 2. The Kier molecular flexibility index (Phi) is 5.73. The van der Waals surface area contributed by atoms with Crippen LogP contribution in [0.25, 0.3) is 0 Å². The van der Waals surface area contributed by atoms with Gasteiger partial charge in [-0.1, -0.05) is 93.6 Å². The first kappa shape index (κ1) is 21.0. The molecule has 0 amide bonds. The van der Waals surface area contributed by atoms with Gasteiger partial charge in [-0.3, -0.25) is 0 Å². The van der Waals surface area contributed by atoms with Crippen LogP contribution in [0.5, 0.6) is 0 Å². The molecule has 1 fully saturated rings. The van der Waals surface area contributed by atoms with Crippen molar-refractivity contribution in [3.63, 3.8) is 0 Å². The van der Waals surface area contributed by atoms with Crippen LogP contribution < -0.4 is 10.4 Å². The molecule has 0 aromatic heterocycles. The van der Waals surface area contributed by atoms with Gasteiger partial charge in [-0.25, -0.2) is 0 Å². The lowest BCUT2D eigenvalue weighted by atomic mass is 9.96. The zero-order chi connectivity index (χ0) is 20.6. The summed E-state index contributed by atoms with van der Waals surface area (Å²) in [6.07, 6.45) is 1.11. The molecular formula is C25H34O2Si. The molecule has 1 saturated heterocycles. The van der Waals surface area contributed by atoms with E-state index in [2.05, 4.69) is 94.9 Å². The van der Waals surface area contributed by atoms with Crippen molar-refractivity contribution < 1.29 is 9.84 Å². The highest BCUT2D eigenvalue weighted by Crippen LogP contribution is 2.46. The highest BCUT2D eigenvalue weighted by Gasteiger charge is 2.58. The molecule has 1 N–H and O–H groups in total. The summed E-state index contributed by atoms with van der Waals surface area (Å²) < 4.78 is 5.85. The summed E-state index contributed by atoms with van der Waals surface area (Å²) in [5, 5.41) is 14.9. The molecule has 2 aromatic rings. The third kappa shape index (κ3) is 3.40. The minimum Gasteiger partial charge on any atom is -0.390 e. The number of hydrogen-bond donors (Lipinski definition) is 1. The van der Waals surface area contributed by atoms with Gasteiger partial charge in [0.25, 0.3) is 0 Å². The molecule has 1 heterocycles. The lowest BCUT2D eigenvalue weighted by Crippen LogP contribution is -2.66. The molecule has 0 unspecified atom stereocenters. The van der Waals surface area contributed by atoms with Crippen molar-refractivity contribution in [1.82, 2.24) is 0 Å². The van der Waals surface area contributed by atoms with Crippen molar-refractivity contribution in [2.24, 2.45) is 0 Å². The van der Waals surface area contributed by atoms with E-state index in [4.69, 9.17) is 4.74 Å². The van der Waals surface area contributed by atoms with Gasteiger partial charge < -0.3 is 9.84 Å². The fraction of sp³-hybridized carbons (Fsp3) is 0.440. The van der Waals surface area contributed by atoms with Gasteiger partial charge in [-0.15, -0.1) is 6.58 Å². The van der Waals surface area contributed by atoms with Crippen LogP contribution in [0.1, 0.15) is 47.5 Å². The van der Waals surface area contributed by atoms with Crippen molar-refractivity contribution in [3.8, 4) is 0 Å². The Bertz CT molecular complexity index is 770. The maximum Gasteiger partial charge on any atom is 0.149 e. The fourth-order valence-electron chi connectivity index (χ4n) is 4.99. The maximum atomic E-state index is 11.1. The number of aliphatic hydroxyl groups is 1. The van der Waals surface area contributed by atoms with E-state index >= 15 is 0 Å². The van der Waals surface area contributed by atoms with E-state index in [0.717, 1.165) is 11.6 Å². The van der Waals surface area contributed by atoms with Crippen molar-refractivity contribution in [3.05, 3.63) is 72.4 Å². The van der Waals surface area contributed by atoms with Crippen LogP contribution in [0.3, 0.4) is 0 Å². The summed E-state index contributed by atoms with van der Waals surface area (Å²) in [6.45, 7) is 15.7. The second kappa shape index (κ2) is 7.62. The van der Waals surface area contributed by atoms with Gasteiger partial charge in [-0.05, 0) is 35.2 Å². The van der Waals surface area contributed by atoms with Crippen LogP contribution in [0.2, 0.25) is 5.04 Å². The molecule has 0 spiro atoms. The van der Waals surface area contributed by atoms with Crippen molar-refractivity contribution in [1.29, 1.82) is 0 Å². The van der Waals surface area contributed by atoms with Crippen molar-refractivity contribution >= 4 is 18.4 Å². The SMILES string of the molecule is C=C(C[C@@H](O)[C@@]1(C)O[C@@H]1CC)[Si](c1ccccc1)(c1ccccc1)C(C)(C)C. The molecule has 3 heteroatoms. The van der Waals surface area contributed by atoms with Crippen LogP contribution in [0, 0.1) is 0 Å². The van der Waals surface area contributed by atoms with Gasteiger partial charge >= 0.3 is 0 Å². The normalized spacial score (nSPS) is 23.3. The van der Waals surface area contributed by atoms with E-state index in [1.54, 1.807) is 0 Å². The number of epoxide rings is 1. The quantitative estimate of drug-likeness (QED) is 0.555. The lowest BCUT2D eigenvalue weighted by Gasteiger charge is -2.46. The van der Waals surface area contributed by atoms with E-state index in [0.29, 0.717) is 6.42 Å². The fourth-order valence-corrected chi connectivity index (χ4v) is 10.8. The molecule has 3 rings (SSSR count). The molecule has 2 nitrogen and oxygen atoms in total. The second-order valence-corrected chi connectivity index (χ2v) is 14.1. The average molecular weight is 395 g/mol. The first-order valence-electron chi connectivity index (χ1n) is 10.3. The van der Waals surface area contributed by atoms with E-state index in [9.17, 15) is 5.11 Å². The summed E-state index contributed by atoms with van der Waals surface area (Å²) >= 11 is 0. The van der Waals surface area contributed by atoms with Crippen LogP contribution in [-0.4, -0.2) is 31.0 Å². The average Bonchev–Trinajstić information content (AvgIpc) is 3.35. The summed E-state index contributed by atoms with van der Waals surface area (Å²) in [6, 6.07) is 21.6. The van der Waals surface area contributed by atoms with Gasteiger partial charge in [0.05, 0.1) is 12.2 Å². The first-order chi connectivity index (χ1) is 13.2. The maximum absolute atomic E-state index is 11.1. The molecule has 0 bridgehead atoms. The Hall–Kier alpha value is -1.68. The van der Waals surface area contributed by atoms with Gasteiger partial charge in [0, 0.05) is 0 Å². The number of aliphatic hydroxyl groups excluding tert-OH is 1. The van der Waals surface area contributed by atoms with Crippen LogP contribution in [0.15, 0.2) is 72.4 Å². The summed E-state index contributed by atoms with van der Waals surface area (Å²) in [4.78, 5) is 0. The molecule has 1 aliphatic rings. The summed E-state index contributed by atoms with van der Waals surface area (Å²) in [7, 11) is -2.41. The van der Waals surface area contributed by atoms with Gasteiger partial charge in [-0.2, -0.15) is 0 Å². The van der Waals surface area contributed by atoms with Crippen molar-refractivity contribution in [2.75, 3.05) is 0 Å². The predicted molar refractivity (Wildman–Crippen MR) is 121 cm³/mol. The van der Waals surface area contributed by atoms with E-state index in [1.165, 1.54) is 10.4 Å².